The van der Waals surface area contributed by atoms with Gasteiger partial charge in [0.2, 0.25) is 0 Å². The van der Waals surface area contributed by atoms with Crippen LogP contribution in [-0.2, 0) is 4.79 Å². The highest BCUT2D eigenvalue weighted by atomic mass is 79.9. The summed E-state index contributed by atoms with van der Waals surface area (Å²) in [5.41, 5.74) is 0. The van der Waals surface area contributed by atoms with E-state index in [0.29, 0.717) is 23.8 Å². The third-order valence-electron chi connectivity index (χ3n) is 2.07. The lowest BCUT2D eigenvalue weighted by Crippen LogP contribution is -1.99. The van der Waals surface area contributed by atoms with Gasteiger partial charge in [-0.25, -0.2) is 0 Å². The molecule has 0 amide bonds. The molecule has 0 saturated carbocycles. The normalized spacial score (nSPS) is 10.2. The minimum absolute atomic E-state index is 0.223. The van der Waals surface area contributed by atoms with Crippen LogP contribution in [0.3, 0.4) is 0 Å². The lowest BCUT2D eigenvalue weighted by molar-refractivity contribution is -0.117. The number of benzene rings is 1. The summed E-state index contributed by atoms with van der Waals surface area (Å²) >= 11 is 9.31. The molecule has 0 spiro atoms. The summed E-state index contributed by atoms with van der Waals surface area (Å²) < 4.78 is 6.47. The van der Waals surface area contributed by atoms with Gasteiger partial charge in [-0.1, -0.05) is 27.5 Å². The van der Waals surface area contributed by atoms with E-state index < -0.39 is 0 Å². The number of halogens is 2. The Kier molecular flexibility index (Phi) is 5.85. The molecular weight excluding hydrogens is 291 g/mol. The zero-order chi connectivity index (χ0) is 12.0. The minimum atomic E-state index is 0.223. The van der Waals surface area contributed by atoms with Crippen LogP contribution in [0.15, 0.2) is 22.7 Å². The second-order valence-electron chi connectivity index (χ2n) is 3.58. The van der Waals surface area contributed by atoms with Gasteiger partial charge in [-0.05, 0) is 38.0 Å². The summed E-state index contributed by atoms with van der Waals surface area (Å²) in [5, 5.41) is 0.606. The van der Waals surface area contributed by atoms with E-state index in [9.17, 15) is 4.79 Å². The van der Waals surface area contributed by atoms with Crippen molar-refractivity contribution < 1.29 is 9.53 Å². The maximum atomic E-state index is 10.7. The van der Waals surface area contributed by atoms with Gasteiger partial charge in [0, 0.05) is 10.9 Å². The molecule has 0 radical (unpaired) electrons. The van der Waals surface area contributed by atoms with Crippen LogP contribution in [0.25, 0.3) is 0 Å². The molecule has 4 heteroatoms. The van der Waals surface area contributed by atoms with Crippen molar-refractivity contribution in [2.45, 2.75) is 26.2 Å². The zero-order valence-corrected chi connectivity index (χ0v) is 11.5. The quantitative estimate of drug-likeness (QED) is 0.735. The largest absolute Gasteiger partial charge is 0.492 e. The Balaban J connectivity index is 2.31. The third kappa shape index (κ3) is 4.99. The molecule has 0 saturated heterocycles. The van der Waals surface area contributed by atoms with E-state index in [1.807, 2.05) is 12.1 Å². The molecule has 1 rings (SSSR count). The molecule has 0 atom stereocenters. The predicted molar refractivity (Wildman–Crippen MR) is 69.2 cm³/mol. The summed E-state index contributed by atoms with van der Waals surface area (Å²) in [5.74, 6) is 0.902. The van der Waals surface area contributed by atoms with Crippen LogP contribution in [0.5, 0.6) is 5.75 Å². The number of carbonyl (C=O) groups is 1. The van der Waals surface area contributed by atoms with Gasteiger partial charge in [0.05, 0.1) is 11.6 Å². The van der Waals surface area contributed by atoms with E-state index in [1.54, 1.807) is 13.0 Å². The molecule has 0 heterocycles. The number of ether oxygens (including phenoxy) is 1. The molecular formula is C12H14BrClO2. The van der Waals surface area contributed by atoms with Gasteiger partial charge in [0.25, 0.3) is 0 Å². The summed E-state index contributed by atoms with van der Waals surface area (Å²) in [6.45, 7) is 2.19. The van der Waals surface area contributed by atoms with Crippen molar-refractivity contribution in [3.8, 4) is 5.75 Å². The summed E-state index contributed by atoms with van der Waals surface area (Å²) in [6, 6.07) is 5.49. The fourth-order valence-corrected chi connectivity index (χ4v) is 1.76. The van der Waals surface area contributed by atoms with Gasteiger partial charge in [0.15, 0.2) is 0 Å². The van der Waals surface area contributed by atoms with Crippen LogP contribution < -0.4 is 4.74 Å². The van der Waals surface area contributed by atoms with Gasteiger partial charge in [0.1, 0.15) is 11.5 Å². The Morgan fingerprint density at radius 3 is 2.88 bits per heavy atom. The highest BCUT2D eigenvalue weighted by molar-refractivity contribution is 9.10. The third-order valence-corrected chi connectivity index (χ3v) is 2.88. The van der Waals surface area contributed by atoms with E-state index >= 15 is 0 Å². The Morgan fingerprint density at radius 2 is 2.19 bits per heavy atom. The first kappa shape index (κ1) is 13.5. The fraction of sp³-hybridized carbons (Fsp3) is 0.417. The molecule has 0 aromatic heterocycles. The standard InChI is InChI=1S/C12H14BrClO2/c1-9(15)4-2-3-7-16-12-8-10(13)5-6-11(12)14/h5-6,8H,2-4,7H2,1H3. The molecule has 0 bridgehead atoms. The lowest BCUT2D eigenvalue weighted by Gasteiger charge is -2.07. The number of ketones is 1. The number of hydrogen-bond acceptors (Lipinski definition) is 2. The van der Waals surface area contributed by atoms with Crippen molar-refractivity contribution in [3.05, 3.63) is 27.7 Å². The summed E-state index contributed by atoms with van der Waals surface area (Å²) in [6.07, 6.45) is 2.35. The van der Waals surface area contributed by atoms with E-state index in [2.05, 4.69) is 15.9 Å². The van der Waals surface area contributed by atoms with Crippen LogP contribution in [-0.4, -0.2) is 12.4 Å². The van der Waals surface area contributed by atoms with E-state index in [-0.39, 0.29) is 5.78 Å². The second-order valence-corrected chi connectivity index (χ2v) is 4.91. The Bertz CT molecular complexity index is 366. The zero-order valence-electron chi connectivity index (χ0n) is 9.13. The molecule has 0 aliphatic heterocycles. The van der Waals surface area contributed by atoms with E-state index in [1.165, 1.54) is 0 Å². The first-order valence-electron chi connectivity index (χ1n) is 5.17. The average Bonchev–Trinajstić information content (AvgIpc) is 2.22. The van der Waals surface area contributed by atoms with Crippen molar-refractivity contribution in [2.24, 2.45) is 0 Å². The number of hydrogen-bond donors (Lipinski definition) is 0. The van der Waals surface area contributed by atoms with Gasteiger partial charge in [-0.3, -0.25) is 0 Å². The van der Waals surface area contributed by atoms with Gasteiger partial charge < -0.3 is 9.53 Å². The molecule has 0 aliphatic carbocycles. The number of carbonyl (C=O) groups excluding carboxylic acids is 1. The maximum Gasteiger partial charge on any atom is 0.139 e. The van der Waals surface area contributed by atoms with Crippen LogP contribution >= 0.6 is 27.5 Å². The van der Waals surface area contributed by atoms with Crippen LogP contribution in [0.2, 0.25) is 5.02 Å². The average molecular weight is 306 g/mol. The number of rotatable bonds is 6. The highest BCUT2D eigenvalue weighted by Crippen LogP contribution is 2.27. The lowest BCUT2D eigenvalue weighted by atomic mass is 10.2. The second kappa shape index (κ2) is 6.92. The van der Waals surface area contributed by atoms with Crippen molar-refractivity contribution in [3.63, 3.8) is 0 Å². The fourth-order valence-electron chi connectivity index (χ4n) is 1.25. The molecule has 0 aliphatic rings. The highest BCUT2D eigenvalue weighted by Gasteiger charge is 2.02. The van der Waals surface area contributed by atoms with Crippen LogP contribution in [0.1, 0.15) is 26.2 Å². The first-order chi connectivity index (χ1) is 7.59. The van der Waals surface area contributed by atoms with Gasteiger partial charge in [-0.2, -0.15) is 0 Å². The molecule has 0 unspecified atom stereocenters. The molecule has 88 valence electrons. The monoisotopic (exact) mass is 304 g/mol. The minimum Gasteiger partial charge on any atom is -0.492 e. The maximum absolute atomic E-state index is 10.7. The van der Waals surface area contributed by atoms with Crippen LogP contribution in [0.4, 0.5) is 0 Å². The van der Waals surface area contributed by atoms with E-state index in [0.717, 1.165) is 17.3 Å². The molecule has 1 aromatic rings. The molecule has 0 N–H and O–H groups in total. The Labute approximate surface area is 109 Å². The molecule has 16 heavy (non-hydrogen) atoms. The smallest absolute Gasteiger partial charge is 0.139 e. The number of Topliss-reactive ketones (excluding diaryl/α,β-unsaturated/α-hetero) is 1. The first-order valence-corrected chi connectivity index (χ1v) is 6.34. The topological polar surface area (TPSA) is 26.3 Å². The van der Waals surface area contributed by atoms with Crippen molar-refractivity contribution >= 4 is 33.3 Å². The molecule has 2 nitrogen and oxygen atoms in total. The Morgan fingerprint density at radius 1 is 1.44 bits per heavy atom. The van der Waals surface area contributed by atoms with E-state index in [4.69, 9.17) is 16.3 Å². The van der Waals surface area contributed by atoms with Crippen molar-refractivity contribution in [1.82, 2.24) is 0 Å². The molecule has 1 aromatic carbocycles. The SMILES string of the molecule is CC(=O)CCCCOc1cc(Br)ccc1Cl. The summed E-state index contributed by atoms with van der Waals surface area (Å²) in [7, 11) is 0. The van der Waals surface area contributed by atoms with Crippen molar-refractivity contribution in [1.29, 1.82) is 0 Å². The molecule has 0 fully saturated rings. The van der Waals surface area contributed by atoms with Crippen LogP contribution in [0, 0.1) is 0 Å². The Hall–Kier alpha value is -0.540. The number of unbranched alkanes of at least 4 members (excludes halogenated alkanes) is 1. The van der Waals surface area contributed by atoms with Gasteiger partial charge >= 0.3 is 0 Å². The summed E-state index contributed by atoms with van der Waals surface area (Å²) in [4.78, 5) is 10.7. The van der Waals surface area contributed by atoms with Gasteiger partial charge in [-0.15, -0.1) is 0 Å². The predicted octanol–water partition coefficient (Wildman–Crippen LogP) is 4.24. The van der Waals surface area contributed by atoms with Crippen molar-refractivity contribution in [2.75, 3.05) is 6.61 Å².